The number of nitrogens with zero attached hydrogens (tertiary/aromatic N) is 3. The van der Waals surface area contributed by atoms with Gasteiger partial charge in [-0.3, -0.25) is 0 Å². The maximum absolute atomic E-state index is 13.2. The van der Waals surface area contributed by atoms with Gasteiger partial charge in [0.1, 0.15) is 11.5 Å². The maximum atomic E-state index is 13.2. The van der Waals surface area contributed by atoms with Crippen LogP contribution >= 0.6 is 11.6 Å². The number of pyridine rings is 1. The van der Waals surface area contributed by atoms with Crippen molar-refractivity contribution in [2.75, 3.05) is 5.32 Å². The Kier molecular flexibility index (Phi) is 5.49. The van der Waals surface area contributed by atoms with E-state index >= 15 is 0 Å². The van der Waals surface area contributed by atoms with E-state index in [-0.39, 0.29) is 33.6 Å². The molecule has 1 aliphatic rings. The third-order valence-electron chi connectivity index (χ3n) is 4.51. The number of rotatable bonds is 4. The molecular weight excluding hydrogens is 397 g/mol. The van der Waals surface area contributed by atoms with Crippen molar-refractivity contribution in [1.29, 1.82) is 0 Å². The van der Waals surface area contributed by atoms with Crippen molar-refractivity contribution in [2.45, 2.75) is 45.0 Å². The number of aliphatic hydroxyl groups is 1. The molecule has 150 valence electrons. The smallest absolute Gasteiger partial charge is 0.391 e. The summed E-state index contributed by atoms with van der Waals surface area (Å²) in [4.78, 5) is 20.4. The first-order chi connectivity index (χ1) is 13.1. The summed E-state index contributed by atoms with van der Waals surface area (Å²) >= 11 is 6.08. The molecule has 10 heteroatoms. The lowest BCUT2D eigenvalue weighted by atomic mass is 9.89. The normalized spacial score (nSPS) is 21.0. The van der Waals surface area contributed by atoms with Crippen molar-refractivity contribution in [2.24, 2.45) is 0 Å². The van der Waals surface area contributed by atoms with Crippen molar-refractivity contribution in [3.8, 4) is 0 Å². The number of allylic oxidation sites excluding steroid dienone is 4. The summed E-state index contributed by atoms with van der Waals surface area (Å²) in [6.45, 7) is 3.20. The minimum absolute atomic E-state index is 0.0771. The maximum Gasteiger partial charge on any atom is 0.433 e. The van der Waals surface area contributed by atoms with Crippen molar-refractivity contribution in [1.82, 2.24) is 14.5 Å². The molecule has 1 fully saturated rings. The van der Waals surface area contributed by atoms with Crippen LogP contribution < -0.4 is 11.0 Å². The lowest BCUT2D eigenvalue weighted by Gasteiger charge is -2.33. The number of anilines is 1. The van der Waals surface area contributed by atoms with Crippen molar-refractivity contribution >= 4 is 34.1 Å². The fraction of sp³-hybridized carbons (Fsp3) is 0.389. The highest BCUT2D eigenvalue weighted by molar-refractivity contribution is 6.32. The monoisotopic (exact) mass is 414 g/mol. The average Bonchev–Trinajstić information content (AvgIpc) is 2.62. The number of nitrogens with one attached hydrogen (secondary N) is 1. The van der Waals surface area contributed by atoms with Crippen LogP contribution in [0.1, 0.15) is 32.4 Å². The van der Waals surface area contributed by atoms with Crippen LogP contribution in [0.2, 0.25) is 0 Å². The summed E-state index contributed by atoms with van der Waals surface area (Å²) in [5, 5.41) is 13.1. The molecule has 0 unspecified atom stereocenters. The molecule has 1 saturated carbocycles. The number of halogens is 4. The molecule has 2 atom stereocenters. The highest BCUT2D eigenvalue weighted by Gasteiger charge is 2.34. The Bertz CT molecular complexity index is 1030. The first kappa shape index (κ1) is 20.3. The van der Waals surface area contributed by atoms with Gasteiger partial charge in [-0.05, 0) is 44.9 Å². The van der Waals surface area contributed by atoms with E-state index in [0.717, 1.165) is 10.6 Å². The summed E-state index contributed by atoms with van der Waals surface area (Å²) in [5.41, 5.74) is -2.02. The Morgan fingerprint density at radius 1 is 1.36 bits per heavy atom. The third-order valence-corrected chi connectivity index (χ3v) is 4.70. The number of fused-ring (bicyclic) bond motifs is 1. The zero-order chi connectivity index (χ0) is 20.6. The topological polar surface area (TPSA) is 80.0 Å². The Morgan fingerprint density at radius 3 is 2.57 bits per heavy atom. The predicted octanol–water partition coefficient (Wildman–Crippen LogP) is 3.75. The summed E-state index contributed by atoms with van der Waals surface area (Å²) in [6.07, 6.45) is -0.935. The van der Waals surface area contributed by atoms with Crippen LogP contribution in [-0.2, 0) is 6.18 Å². The van der Waals surface area contributed by atoms with Crippen molar-refractivity contribution in [3.63, 3.8) is 0 Å². The second-order valence-electron chi connectivity index (χ2n) is 6.46. The second-order valence-corrected chi connectivity index (χ2v) is 7.03. The molecule has 2 aromatic heterocycles. The molecule has 1 aliphatic carbocycles. The van der Waals surface area contributed by atoms with E-state index in [2.05, 4.69) is 15.3 Å². The van der Waals surface area contributed by atoms with E-state index in [1.54, 1.807) is 13.0 Å². The molecule has 0 saturated heterocycles. The van der Waals surface area contributed by atoms with Gasteiger partial charge in [-0.25, -0.2) is 14.3 Å². The highest BCUT2D eigenvalue weighted by Crippen LogP contribution is 2.32. The van der Waals surface area contributed by atoms with Crippen LogP contribution in [0, 0.1) is 0 Å². The van der Waals surface area contributed by atoms with Crippen molar-refractivity contribution in [3.05, 3.63) is 45.5 Å². The van der Waals surface area contributed by atoms with Gasteiger partial charge in [0, 0.05) is 5.03 Å². The molecule has 28 heavy (non-hydrogen) atoms. The predicted molar refractivity (Wildman–Crippen MR) is 101 cm³/mol. The van der Waals surface area contributed by atoms with E-state index in [4.69, 9.17) is 11.6 Å². The Morgan fingerprint density at radius 2 is 2.07 bits per heavy atom. The van der Waals surface area contributed by atoms with Gasteiger partial charge < -0.3 is 10.4 Å². The Hall–Kier alpha value is -2.39. The highest BCUT2D eigenvalue weighted by atomic mass is 35.5. The summed E-state index contributed by atoms with van der Waals surface area (Å²) in [6, 6.07) is 1.71. The van der Waals surface area contributed by atoms with Crippen LogP contribution in [0.4, 0.5) is 19.0 Å². The molecule has 2 aromatic rings. The van der Waals surface area contributed by atoms with Gasteiger partial charge >= 0.3 is 11.9 Å². The number of aromatic nitrogens is 3. The molecule has 2 N–H and O–H groups in total. The van der Waals surface area contributed by atoms with E-state index in [9.17, 15) is 23.1 Å². The minimum Gasteiger partial charge on any atom is -0.391 e. The molecule has 6 nitrogen and oxygen atoms in total. The van der Waals surface area contributed by atoms with E-state index in [0.29, 0.717) is 12.8 Å². The molecule has 0 amide bonds. The van der Waals surface area contributed by atoms with Gasteiger partial charge in [0.15, 0.2) is 5.65 Å². The first-order valence-corrected chi connectivity index (χ1v) is 8.96. The first-order valence-electron chi connectivity index (χ1n) is 8.58. The van der Waals surface area contributed by atoms with E-state index in [1.165, 1.54) is 19.1 Å². The molecule has 0 spiro atoms. The van der Waals surface area contributed by atoms with Gasteiger partial charge in [0.05, 0.1) is 23.2 Å². The van der Waals surface area contributed by atoms with Crippen molar-refractivity contribution < 1.29 is 18.3 Å². The molecule has 2 heterocycles. The van der Waals surface area contributed by atoms with Crippen LogP contribution in [0.25, 0.3) is 16.7 Å². The fourth-order valence-electron chi connectivity index (χ4n) is 2.91. The summed E-state index contributed by atoms with van der Waals surface area (Å²) in [7, 11) is 0. The van der Waals surface area contributed by atoms with Crippen LogP contribution in [-0.4, -0.2) is 31.8 Å². The quantitative estimate of drug-likeness (QED) is 0.745. The largest absolute Gasteiger partial charge is 0.433 e. The number of hydrogen-bond donors (Lipinski definition) is 2. The standard InChI is InChI=1S/C18H18ClF3N4O2/c1-3-4-12(9(2)19)26-16-10(5-8-14(24-16)18(20,21)22)15(25-17(26)28)23-11-6-7-13(11)27/h3-5,8,11,13,27H,6-7H2,1-2H3,(H,23,25,28)/b4-3-,12-9-/t11-,13-/m1/s1. The zero-order valence-electron chi connectivity index (χ0n) is 15.1. The van der Waals surface area contributed by atoms with Crippen LogP contribution in [0.5, 0.6) is 0 Å². The van der Waals surface area contributed by atoms with Gasteiger partial charge in [0.25, 0.3) is 0 Å². The Labute approximate surface area is 163 Å². The van der Waals surface area contributed by atoms with Gasteiger partial charge in [-0.2, -0.15) is 18.2 Å². The zero-order valence-corrected chi connectivity index (χ0v) is 15.8. The molecule has 3 rings (SSSR count). The van der Waals surface area contributed by atoms with Gasteiger partial charge in [0.2, 0.25) is 0 Å². The third kappa shape index (κ3) is 3.77. The Balaban J connectivity index is 2.31. The minimum atomic E-state index is -4.68. The lowest BCUT2D eigenvalue weighted by molar-refractivity contribution is -0.141. The summed E-state index contributed by atoms with van der Waals surface area (Å²) in [5.74, 6) is 0.0771. The molecule has 0 bridgehead atoms. The van der Waals surface area contributed by atoms with Crippen LogP contribution in [0.3, 0.4) is 0 Å². The molecule has 0 aromatic carbocycles. The number of aliphatic hydroxyl groups excluding tert-OH is 1. The second kappa shape index (κ2) is 7.56. The van der Waals surface area contributed by atoms with Gasteiger partial charge in [-0.15, -0.1) is 0 Å². The average molecular weight is 415 g/mol. The SMILES string of the molecule is C/C=C\C(=C(/C)Cl)n1c(=O)nc(N[C@@H]2CC[C@H]2O)c2ccc(C(F)(F)F)nc21. The number of hydrogen-bond acceptors (Lipinski definition) is 5. The summed E-state index contributed by atoms with van der Waals surface area (Å²) < 4.78 is 40.6. The molecule has 0 aliphatic heterocycles. The fourth-order valence-corrected chi connectivity index (χ4v) is 3.06. The number of alkyl halides is 3. The van der Waals surface area contributed by atoms with E-state index < -0.39 is 23.7 Å². The molecule has 0 radical (unpaired) electrons. The lowest BCUT2D eigenvalue weighted by Crippen LogP contribution is -2.43. The van der Waals surface area contributed by atoms with Gasteiger partial charge in [-0.1, -0.05) is 17.7 Å². The van der Waals surface area contributed by atoms with E-state index in [1.807, 2.05) is 0 Å². The molecular formula is C18H18ClF3N4O2. The van der Waals surface area contributed by atoms with Crippen LogP contribution in [0.15, 0.2) is 34.1 Å².